The second-order valence-corrected chi connectivity index (χ2v) is 8.44. The molecule has 0 saturated heterocycles. The molecule has 4 heteroatoms. The molecule has 3 rings (SSSR count). The molecule has 0 amide bonds. The SMILES string of the molecule is C[C@H]1[C@@H](OC[C@H](O)CSc2ccccn2)[C@@H]2CC[C@@H]1C2(C)C. The van der Waals surface area contributed by atoms with E-state index in [0.29, 0.717) is 35.7 Å². The van der Waals surface area contributed by atoms with Crippen LogP contribution in [0.15, 0.2) is 29.4 Å². The van der Waals surface area contributed by atoms with Crippen molar-refractivity contribution in [2.45, 2.75) is 50.8 Å². The molecule has 122 valence electrons. The summed E-state index contributed by atoms with van der Waals surface area (Å²) < 4.78 is 6.15. The van der Waals surface area contributed by atoms with Gasteiger partial charge in [-0.1, -0.05) is 26.8 Å². The van der Waals surface area contributed by atoms with Crippen LogP contribution >= 0.6 is 11.8 Å². The van der Waals surface area contributed by atoms with Crippen LogP contribution in [0.5, 0.6) is 0 Å². The van der Waals surface area contributed by atoms with Gasteiger partial charge in [0.1, 0.15) is 0 Å². The zero-order chi connectivity index (χ0) is 15.7. The van der Waals surface area contributed by atoms with Gasteiger partial charge >= 0.3 is 0 Å². The second-order valence-electron chi connectivity index (χ2n) is 7.40. The van der Waals surface area contributed by atoms with Crippen LogP contribution in [0.2, 0.25) is 0 Å². The van der Waals surface area contributed by atoms with E-state index in [0.717, 1.165) is 10.9 Å². The number of nitrogens with zero attached hydrogens (tertiary/aromatic N) is 1. The summed E-state index contributed by atoms with van der Waals surface area (Å²) in [6, 6.07) is 5.85. The number of fused-ring (bicyclic) bond motifs is 2. The van der Waals surface area contributed by atoms with Gasteiger partial charge in [0.15, 0.2) is 0 Å². The monoisotopic (exact) mass is 321 g/mol. The van der Waals surface area contributed by atoms with Crippen LogP contribution < -0.4 is 0 Å². The smallest absolute Gasteiger partial charge is 0.0960 e. The van der Waals surface area contributed by atoms with Crippen molar-refractivity contribution in [3.8, 4) is 0 Å². The minimum Gasteiger partial charge on any atom is -0.390 e. The van der Waals surface area contributed by atoms with E-state index in [1.165, 1.54) is 12.8 Å². The molecule has 0 aliphatic heterocycles. The molecular weight excluding hydrogens is 294 g/mol. The molecule has 1 heterocycles. The summed E-state index contributed by atoms with van der Waals surface area (Å²) in [6.45, 7) is 7.55. The number of aliphatic hydroxyl groups excluding tert-OH is 1. The summed E-state index contributed by atoms with van der Waals surface area (Å²) in [6.07, 6.45) is 4.30. The standard InChI is InChI=1S/C18H27NO2S/c1-12-14-7-8-15(18(14,2)3)17(12)21-10-13(20)11-22-16-6-4-5-9-19-16/h4-6,9,12-15,17,20H,7-8,10-11H2,1-3H3/t12-,13+,14+,15+,17-/m1/s1. The van der Waals surface area contributed by atoms with Crippen LogP contribution in [0, 0.1) is 23.2 Å². The fourth-order valence-electron chi connectivity index (χ4n) is 4.65. The van der Waals surface area contributed by atoms with Crippen LogP contribution in [0.1, 0.15) is 33.6 Å². The van der Waals surface area contributed by atoms with Gasteiger partial charge in [0.25, 0.3) is 0 Å². The lowest BCUT2D eigenvalue weighted by Crippen LogP contribution is -2.32. The summed E-state index contributed by atoms with van der Waals surface area (Å²) in [5, 5.41) is 11.1. The van der Waals surface area contributed by atoms with Crippen molar-refractivity contribution in [2.75, 3.05) is 12.4 Å². The number of hydrogen-bond donors (Lipinski definition) is 1. The van der Waals surface area contributed by atoms with Crippen LogP contribution in [0.25, 0.3) is 0 Å². The van der Waals surface area contributed by atoms with Gasteiger partial charge in [-0.05, 0) is 48.1 Å². The van der Waals surface area contributed by atoms with E-state index in [-0.39, 0.29) is 0 Å². The molecule has 0 unspecified atom stereocenters. The Bertz CT molecular complexity index is 493. The third-order valence-electron chi connectivity index (χ3n) is 5.79. The average Bonchev–Trinajstić information content (AvgIpc) is 2.90. The molecule has 2 fully saturated rings. The van der Waals surface area contributed by atoms with E-state index < -0.39 is 6.10 Å². The molecule has 0 aromatic carbocycles. The maximum Gasteiger partial charge on any atom is 0.0960 e. The Balaban J connectivity index is 1.47. The highest BCUT2D eigenvalue weighted by molar-refractivity contribution is 7.99. The third-order valence-corrected chi connectivity index (χ3v) is 6.88. The maximum atomic E-state index is 10.2. The summed E-state index contributed by atoms with van der Waals surface area (Å²) >= 11 is 1.59. The van der Waals surface area contributed by atoms with Gasteiger partial charge in [-0.15, -0.1) is 11.8 Å². The van der Waals surface area contributed by atoms with Gasteiger partial charge < -0.3 is 9.84 Å². The first-order valence-electron chi connectivity index (χ1n) is 8.33. The second kappa shape index (κ2) is 6.50. The molecule has 2 bridgehead atoms. The molecule has 5 atom stereocenters. The molecule has 1 aromatic rings. The molecular formula is C18H27NO2S. The molecule has 2 aliphatic carbocycles. The van der Waals surface area contributed by atoms with Gasteiger partial charge in [0.2, 0.25) is 0 Å². The average molecular weight is 321 g/mol. The number of pyridine rings is 1. The summed E-state index contributed by atoms with van der Waals surface area (Å²) in [5.74, 6) is 2.69. The zero-order valence-corrected chi connectivity index (χ0v) is 14.6. The van der Waals surface area contributed by atoms with Gasteiger partial charge in [-0.2, -0.15) is 0 Å². The van der Waals surface area contributed by atoms with Crippen molar-refractivity contribution in [1.29, 1.82) is 0 Å². The van der Waals surface area contributed by atoms with E-state index >= 15 is 0 Å². The Labute approximate surface area is 137 Å². The summed E-state index contributed by atoms with van der Waals surface area (Å²) in [7, 11) is 0. The Morgan fingerprint density at radius 1 is 1.36 bits per heavy atom. The Morgan fingerprint density at radius 2 is 2.14 bits per heavy atom. The quantitative estimate of drug-likeness (QED) is 0.813. The van der Waals surface area contributed by atoms with Crippen LogP contribution in [0.4, 0.5) is 0 Å². The minimum atomic E-state index is -0.429. The molecule has 22 heavy (non-hydrogen) atoms. The molecule has 2 aliphatic rings. The van der Waals surface area contributed by atoms with E-state index in [4.69, 9.17) is 4.74 Å². The lowest BCUT2D eigenvalue weighted by molar-refractivity contribution is -0.0506. The van der Waals surface area contributed by atoms with Gasteiger partial charge in [0.05, 0.1) is 23.8 Å². The van der Waals surface area contributed by atoms with E-state index in [9.17, 15) is 5.11 Å². The first-order chi connectivity index (χ1) is 10.5. The third kappa shape index (κ3) is 3.06. The summed E-state index contributed by atoms with van der Waals surface area (Å²) in [5.41, 5.74) is 0.401. The highest BCUT2D eigenvalue weighted by atomic mass is 32.2. The predicted octanol–water partition coefficient (Wildman–Crippen LogP) is 3.62. The Kier molecular flexibility index (Phi) is 4.81. The number of aromatic nitrogens is 1. The normalized spacial score (nSPS) is 34.0. The molecule has 3 nitrogen and oxygen atoms in total. The molecule has 0 spiro atoms. The number of rotatable bonds is 6. The highest BCUT2D eigenvalue weighted by Crippen LogP contribution is 2.60. The fraction of sp³-hybridized carbons (Fsp3) is 0.722. The first kappa shape index (κ1) is 16.3. The van der Waals surface area contributed by atoms with Gasteiger partial charge in [0, 0.05) is 11.9 Å². The predicted molar refractivity (Wildman–Crippen MR) is 89.9 cm³/mol. The van der Waals surface area contributed by atoms with Crippen LogP contribution in [-0.2, 0) is 4.74 Å². The number of aliphatic hydroxyl groups is 1. The van der Waals surface area contributed by atoms with Gasteiger partial charge in [-0.3, -0.25) is 0 Å². The largest absolute Gasteiger partial charge is 0.390 e. The van der Waals surface area contributed by atoms with Crippen molar-refractivity contribution >= 4 is 11.8 Å². The lowest BCUT2D eigenvalue weighted by atomic mass is 9.80. The van der Waals surface area contributed by atoms with E-state index in [1.54, 1.807) is 18.0 Å². The van der Waals surface area contributed by atoms with Crippen LogP contribution in [-0.4, -0.2) is 34.7 Å². The lowest BCUT2D eigenvalue weighted by Gasteiger charge is -2.29. The van der Waals surface area contributed by atoms with Crippen molar-refractivity contribution in [2.24, 2.45) is 23.2 Å². The van der Waals surface area contributed by atoms with E-state index in [1.807, 2.05) is 18.2 Å². The van der Waals surface area contributed by atoms with Crippen molar-refractivity contribution in [1.82, 2.24) is 4.98 Å². The number of thioether (sulfide) groups is 1. The Morgan fingerprint density at radius 3 is 2.77 bits per heavy atom. The molecule has 1 N–H and O–H groups in total. The fourth-order valence-corrected chi connectivity index (χ4v) is 5.42. The highest BCUT2D eigenvalue weighted by Gasteiger charge is 2.57. The maximum absolute atomic E-state index is 10.2. The minimum absolute atomic E-state index is 0.322. The van der Waals surface area contributed by atoms with Crippen molar-refractivity contribution < 1.29 is 9.84 Å². The number of hydrogen-bond acceptors (Lipinski definition) is 4. The van der Waals surface area contributed by atoms with E-state index in [2.05, 4.69) is 25.8 Å². The first-order valence-corrected chi connectivity index (χ1v) is 9.32. The zero-order valence-electron chi connectivity index (χ0n) is 13.7. The molecule has 0 radical (unpaired) electrons. The molecule has 1 aromatic heterocycles. The molecule has 2 saturated carbocycles. The number of ether oxygens (including phenoxy) is 1. The Hall–Kier alpha value is -0.580. The van der Waals surface area contributed by atoms with Gasteiger partial charge in [-0.25, -0.2) is 4.98 Å². The van der Waals surface area contributed by atoms with Crippen molar-refractivity contribution in [3.63, 3.8) is 0 Å². The van der Waals surface area contributed by atoms with Crippen molar-refractivity contribution in [3.05, 3.63) is 24.4 Å². The topological polar surface area (TPSA) is 42.4 Å². The van der Waals surface area contributed by atoms with Crippen LogP contribution in [0.3, 0.4) is 0 Å². The summed E-state index contributed by atoms with van der Waals surface area (Å²) in [4.78, 5) is 4.26.